The van der Waals surface area contributed by atoms with E-state index in [4.69, 9.17) is 9.26 Å². The molecule has 2 aromatic carbocycles. The summed E-state index contributed by atoms with van der Waals surface area (Å²) in [6.45, 7) is 4.33. The van der Waals surface area contributed by atoms with Crippen LogP contribution in [-0.2, 0) is 6.61 Å². The van der Waals surface area contributed by atoms with Crippen LogP contribution in [-0.4, -0.2) is 10.1 Å². The van der Waals surface area contributed by atoms with Crippen LogP contribution in [0.3, 0.4) is 0 Å². The van der Waals surface area contributed by atoms with Crippen molar-refractivity contribution in [2.24, 2.45) is 0 Å². The molecule has 5 heteroatoms. The van der Waals surface area contributed by atoms with Gasteiger partial charge in [-0.2, -0.15) is 4.98 Å². The van der Waals surface area contributed by atoms with Crippen molar-refractivity contribution >= 4 is 26.7 Å². The molecule has 0 aliphatic heterocycles. The van der Waals surface area contributed by atoms with Gasteiger partial charge in [-0.1, -0.05) is 47.1 Å². The Morgan fingerprint density at radius 1 is 1.14 bits per heavy atom. The van der Waals surface area contributed by atoms with E-state index in [2.05, 4.69) is 38.2 Å². The molecule has 0 saturated carbocycles. The molecule has 0 radical (unpaired) electrons. The number of hydrogen-bond donors (Lipinski definition) is 0. The molecule has 0 bridgehead atoms. The first-order chi connectivity index (χ1) is 10.1. The highest BCUT2D eigenvalue weighted by atomic mass is 79.9. The van der Waals surface area contributed by atoms with Crippen LogP contribution >= 0.6 is 15.9 Å². The lowest BCUT2D eigenvalue weighted by Gasteiger charge is -2.05. The second-order valence-electron chi connectivity index (χ2n) is 5.15. The molecule has 0 aliphatic carbocycles. The highest BCUT2D eigenvalue weighted by molar-refractivity contribution is 9.10. The Bertz CT molecular complexity index is 768. The third-order valence-electron chi connectivity index (χ3n) is 3.12. The van der Waals surface area contributed by atoms with Crippen molar-refractivity contribution in [2.45, 2.75) is 26.4 Å². The standard InChI is InChI=1S/C16H15BrN2O2/c1-10(2)16-18-15(19-21-16)9-20-14-6-4-11-7-13(17)5-3-12(11)8-14/h3-8,10H,9H2,1-2H3. The zero-order valence-electron chi connectivity index (χ0n) is 11.8. The molecule has 3 rings (SSSR count). The van der Waals surface area contributed by atoms with Crippen LogP contribution in [0.4, 0.5) is 0 Å². The van der Waals surface area contributed by atoms with Gasteiger partial charge in [-0.15, -0.1) is 0 Å². The van der Waals surface area contributed by atoms with Crippen molar-refractivity contribution < 1.29 is 9.26 Å². The Morgan fingerprint density at radius 2 is 1.90 bits per heavy atom. The minimum Gasteiger partial charge on any atom is -0.485 e. The van der Waals surface area contributed by atoms with E-state index in [0.717, 1.165) is 15.6 Å². The molecule has 21 heavy (non-hydrogen) atoms. The third kappa shape index (κ3) is 3.24. The summed E-state index contributed by atoms with van der Waals surface area (Å²) in [7, 11) is 0. The van der Waals surface area contributed by atoms with Crippen molar-refractivity contribution in [2.75, 3.05) is 0 Å². The smallest absolute Gasteiger partial charge is 0.229 e. The van der Waals surface area contributed by atoms with Gasteiger partial charge >= 0.3 is 0 Å². The molecule has 0 amide bonds. The molecule has 108 valence electrons. The van der Waals surface area contributed by atoms with Gasteiger partial charge in [0, 0.05) is 10.4 Å². The quantitative estimate of drug-likeness (QED) is 0.687. The van der Waals surface area contributed by atoms with E-state index in [9.17, 15) is 0 Å². The Balaban J connectivity index is 1.73. The maximum absolute atomic E-state index is 5.73. The number of ether oxygens (including phenoxy) is 1. The Hall–Kier alpha value is -1.88. The molecule has 1 heterocycles. The fourth-order valence-electron chi connectivity index (χ4n) is 1.99. The highest BCUT2D eigenvalue weighted by Gasteiger charge is 2.10. The third-order valence-corrected chi connectivity index (χ3v) is 3.61. The number of nitrogens with zero attached hydrogens (tertiary/aromatic N) is 2. The first-order valence-electron chi connectivity index (χ1n) is 6.76. The van der Waals surface area contributed by atoms with Crippen molar-refractivity contribution in [3.63, 3.8) is 0 Å². The van der Waals surface area contributed by atoms with Crippen LogP contribution in [0.25, 0.3) is 10.8 Å². The molecule has 0 saturated heterocycles. The lowest BCUT2D eigenvalue weighted by molar-refractivity contribution is 0.284. The molecule has 4 nitrogen and oxygen atoms in total. The molecule has 0 spiro atoms. The largest absolute Gasteiger partial charge is 0.485 e. The van der Waals surface area contributed by atoms with Crippen LogP contribution in [0.5, 0.6) is 5.75 Å². The minimum atomic E-state index is 0.227. The zero-order valence-corrected chi connectivity index (χ0v) is 13.4. The summed E-state index contributed by atoms with van der Waals surface area (Å²) in [5.41, 5.74) is 0. The predicted molar refractivity (Wildman–Crippen MR) is 84.4 cm³/mol. The van der Waals surface area contributed by atoms with E-state index in [1.54, 1.807) is 0 Å². The Morgan fingerprint density at radius 3 is 2.67 bits per heavy atom. The molecular formula is C16H15BrN2O2. The fraction of sp³-hybridized carbons (Fsp3) is 0.250. The van der Waals surface area contributed by atoms with E-state index in [-0.39, 0.29) is 5.92 Å². The van der Waals surface area contributed by atoms with E-state index >= 15 is 0 Å². The molecule has 1 aromatic heterocycles. The summed E-state index contributed by atoms with van der Waals surface area (Å²) in [6, 6.07) is 12.1. The minimum absolute atomic E-state index is 0.227. The Labute approximate surface area is 131 Å². The van der Waals surface area contributed by atoms with Gasteiger partial charge in [0.05, 0.1) is 0 Å². The number of benzene rings is 2. The van der Waals surface area contributed by atoms with Gasteiger partial charge in [-0.25, -0.2) is 0 Å². The lowest BCUT2D eigenvalue weighted by atomic mass is 10.1. The van der Waals surface area contributed by atoms with Crippen molar-refractivity contribution in [1.29, 1.82) is 0 Å². The molecule has 0 N–H and O–H groups in total. The van der Waals surface area contributed by atoms with E-state index in [1.165, 1.54) is 5.39 Å². The summed E-state index contributed by atoms with van der Waals surface area (Å²) in [6.07, 6.45) is 0. The molecule has 0 atom stereocenters. The van der Waals surface area contributed by atoms with Gasteiger partial charge in [0.25, 0.3) is 0 Å². The zero-order chi connectivity index (χ0) is 14.8. The SMILES string of the molecule is CC(C)c1nc(COc2ccc3cc(Br)ccc3c2)no1. The maximum atomic E-state index is 5.73. The van der Waals surface area contributed by atoms with Crippen molar-refractivity contribution in [1.82, 2.24) is 10.1 Å². The predicted octanol–water partition coefficient (Wildman–Crippen LogP) is 4.69. The highest BCUT2D eigenvalue weighted by Crippen LogP contribution is 2.24. The maximum Gasteiger partial charge on any atom is 0.229 e. The average Bonchev–Trinajstić information content (AvgIpc) is 2.94. The number of fused-ring (bicyclic) bond motifs is 1. The molecule has 0 unspecified atom stereocenters. The summed E-state index contributed by atoms with van der Waals surface area (Å²) >= 11 is 3.47. The van der Waals surface area contributed by atoms with E-state index < -0.39 is 0 Å². The summed E-state index contributed by atoms with van der Waals surface area (Å²) in [5.74, 6) is 2.22. The summed E-state index contributed by atoms with van der Waals surface area (Å²) in [5, 5.41) is 6.21. The normalized spacial score (nSPS) is 11.2. The fourth-order valence-corrected chi connectivity index (χ4v) is 2.37. The number of rotatable bonds is 4. The molecule has 0 aliphatic rings. The van der Waals surface area contributed by atoms with Crippen molar-refractivity contribution in [3.05, 3.63) is 52.6 Å². The van der Waals surface area contributed by atoms with E-state index in [0.29, 0.717) is 18.3 Å². The van der Waals surface area contributed by atoms with Crippen molar-refractivity contribution in [3.8, 4) is 5.75 Å². The summed E-state index contributed by atoms with van der Waals surface area (Å²) in [4.78, 5) is 4.29. The van der Waals surface area contributed by atoms with E-state index in [1.807, 2.05) is 38.1 Å². The van der Waals surface area contributed by atoms with Gasteiger partial charge in [0.2, 0.25) is 11.7 Å². The number of aromatic nitrogens is 2. The average molecular weight is 347 g/mol. The first kappa shape index (κ1) is 14.1. The number of hydrogen-bond acceptors (Lipinski definition) is 4. The summed E-state index contributed by atoms with van der Waals surface area (Å²) < 4.78 is 11.9. The molecule has 0 fully saturated rings. The van der Waals surface area contributed by atoms with Gasteiger partial charge < -0.3 is 9.26 Å². The van der Waals surface area contributed by atoms with Gasteiger partial charge in [0.1, 0.15) is 5.75 Å². The van der Waals surface area contributed by atoms with Crippen LogP contribution in [0.1, 0.15) is 31.5 Å². The monoisotopic (exact) mass is 346 g/mol. The van der Waals surface area contributed by atoms with Crippen LogP contribution in [0.2, 0.25) is 0 Å². The van der Waals surface area contributed by atoms with Crippen LogP contribution in [0, 0.1) is 0 Å². The second-order valence-corrected chi connectivity index (χ2v) is 6.06. The first-order valence-corrected chi connectivity index (χ1v) is 7.56. The lowest BCUT2D eigenvalue weighted by Crippen LogP contribution is -1.98. The number of halogens is 1. The molecular weight excluding hydrogens is 332 g/mol. The Kier molecular flexibility index (Phi) is 3.92. The van der Waals surface area contributed by atoms with Gasteiger partial charge in [-0.05, 0) is 35.0 Å². The van der Waals surface area contributed by atoms with Crippen LogP contribution in [0.15, 0.2) is 45.4 Å². The topological polar surface area (TPSA) is 48.2 Å². The second kappa shape index (κ2) is 5.85. The van der Waals surface area contributed by atoms with Gasteiger partial charge in [-0.3, -0.25) is 0 Å². The van der Waals surface area contributed by atoms with Crippen LogP contribution < -0.4 is 4.74 Å². The van der Waals surface area contributed by atoms with Gasteiger partial charge in [0.15, 0.2) is 6.61 Å². The molecule has 3 aromatic rings.